The van der Waals surface area contributed by atoms with Crippen LogP contribution in [0.5, 0.6) is 0 Å². The topological polar surface area (TPSA) is 43.6 Å². The largest absolute Gasteiger partial charge is 0.200 e. The fraction of sp³-hybridized carbons (Fsp3) is 0.182. The Morgan fingerprint density at radius 1 is 1.33 bits per heavy atom. The number of aromatic nitrogens is 4. The predicted molar refractivity (Wildman–Crippen MR) is 56.5 cm³/mol. The first-order chi connectivity index (χ1) is 7.34. The van der Waals surface area contributed by atoms with Crippen LogP contribution >= 0.6 is 0 Å². The van der Waals surface area contributed by atoms with E-state index in [4.69, 9.17) is 0 Å². The Hall–Kier alpha value is -1.97. The number of fused-ring (bicyclic) bond motifs is 1. The van der Waals surface area contributed by atoms with Crippen molar-refractivity contribution in [2.24, 2.45) is 0 Å². The maximum atomic E-state index is 3.92. The third-order valence-corrected chi connectivity index (χ3v) is 2.63. The second-order valence-corrected chi connectivity index (χ2v) is 3.77. The Bertz CT molecular complexity index is 526. The van der Waals surface area contributed by atoms with Crippen molar-refractivity contribution in [3.05, 3.63) is 41.2 Å². The van der Waals surface area contributed by atoms with Crippen LogP contribution in [0.4, 0.5) is 0 Å². The van der Waals surface area contributed by atoms with E-state index in [2.05, 4.69) is 34.6 Å². The highest BCUT2D eigenvalue weighted by atomic mass is 15.5. The van der Waals surface area contributed by atoms with Gasteiger partial charge in [-0.3, -0.25) is 0 Å². The minimum atomic E-state index is 1.03. The summed E-state index contributed by atoms with van der Waals surface area (Å²) in [7, 11) is 0. The lowest BCUT2D eigenvalue weighted by Crippen LogP contribution is -1.98. The van der Waals surface area contributed by atoms with Gasteiger partial charge in [-0.1, -0.05) is 23.8 Å². The number of rotatable bonds is 1. The molecule has 0 saturated heterocycles. The molecule has 74 valence electrons. The molecule has 0 saturated carbocycles. The minimum Gasteiger partial charge on any atom is -0.200 e. The molecule has 15 heavy (non-hydrogen) atoms. The van der Waals surface area contributed by atoms with Crippen LogP contribution in [0.3, 0.4) is 0 Å². The van der Waals surface area contributed by atoms with Gasteiger partial charge in [0.25, 0.3) is 0 Å². The molecule has 0 fully saturated rings. The fourth-order valence-corrected chi connectivity index (χ4v) is 1.99. The molecule has 4 nitrogen and oxygen atoms in total. The zero-order chi connectivity index (χ0) is 10.3. The van der Waals surface area contributed by atoms with Gasteiger partial charge in [-0.05, 0) is 35.4 Å². The zero-order valence-electron chi connectivity index (χ0n) is 8.38. The van der Waals surface area contributed by atoms with Crippen molar-refractivity contribution in [1.29, 1.82) is 0 Å². The molecule has 0 aliphatic heterocycles. The van der Waals surface area contributed by atoms with Gasteiger partial charge in [0, 0.05) is 5.56 Å². The molecular weight excluding hydrogens is 188 g/mol. The van der Waals surface area contributed by atoms with Crippen molar-refractivity contribution < 1.29 is 0 Å². The van der Waals surface area contributed by atoms with Gasteiger partial charge in [0.15, 0.2) is 0 Å². The molecule has 1 heterocycles. The highest BCUT2D eigenvalue weighted by Crippen LogP contribution is 2.29. The van der Waals surface area contributed by atoms with Gasteiger partial charge in [-0.25, -0.2) is 0 Å². The van der Waals surface area contributed by atoms with Gasteiger partial charge < -0.3 is 0 Å². The second kappa shape index (κ2) is 3.02. The van der Waals surface area contributed by atoms with Crippen molar-refractivity contribution in [3.8, 4) is 5.69 Å². The number of benzene rings is 1. The van der Waals surface area contributed by atoms with E-state index in [0.29, 0.717) is 0 Å². The first kappa shape index (κ1) is 8.35. The highest BCUT2D eigenvalue weighted by molar-refractivity contribution is 5.70. The zero-order valence-corrected chi connectivity index (χ0v) is 8.38. The third-order valence-electron chi connectivity index (χ3n) is 2.63. The summed E-state index contributed by atoms with van der Waals surface area (Å²) in [5.74, 6) is 0. The van der Waals surface area contributed by atoms with Crippen LogP contribution < -0.4 is 0 Å². The monoisotopic (exact) mass is 198 g/mol. The molecule has 0 atom stereocenters. The third kappa shape index (κ3) is 1.26. The molecular formula is C11H10N4. The van der Waals surface area contributed by atoms with Gasteiger partial charge in [0.05, 0.1) is 5.69 Å². The average Bonchev–Trinajstić information content (AvgIpc) is 2.82. The van der Waals surface area contributed by atoms with E-state index in [-0.39, 0.29) is 0 Å². The number of hydrogen-bond donors (Lipinski definition) is 0. The Labute approximate surface area is 87.2 Å². The van der Waals surface area contributed by atoms with Crippen LogP contribution in [-0.4, -0.2) is 20.2 Å². The molecule has 0 spiro atoms. The standard InChI is InChI=1S/C11H10N4/c1-8-5-9-3-2-4-11(10(9)6-8)15-7-12-13-14-15/h2-4,6-7H,5H2,1H3. The molecule has 4 heteroatoms. The maximum absolute atomic E-state index is 3.92. The Kier molecular flexibility index (Phi) is 1.68. The second-order valence-electron chi connectivity index (χ2n) is 3.77. The van der Waals surface area contributed by atoms with Crippen molar-refractivity contribution in [2.75, 3.05) is 0 Å². The van der Waals surface area contributed by atoms with Crippen LogP contribution in [-0.2, 0) is 6.42 Å². The van der Waals surface area contributed by atoms with Gasteiger partial charge in [0.1, 0.15) is 6.33 Å². The van der Waals surface area contributed by atoms with Crippen molar-refractivity contribution >= 4 is 6.08 Å². The molecule has 0 unspecified atom stereocenters. The average molecular weight is 198 g/mol. The lowest BCUT2D eigenvalue weighted by molar-refractivity contribution is 0.787. The molecule has 0 radical (unpaired) electrons. The van der Waals surface area contributed by atoms with Crippen LogP contribution in [0.15, 0.2) is 30.1 Å². The van der Waals surface area contributed by atoms with Crippen LogP contribution in [0.1, 0.15) is 18.1 Å². The molecule has 1 aromatic heterocycles. The Morgan fingerprint density at radius 2 is 2.27 bits per heavy atom. The lowest BCUT2D eigenvalue weighted by atomic mass is 10.1. The molecule has 1 aliphatic carbocycles. The number of hydrogen-bond acceptors (Lipinski definition) is 3. The number of nitrogens with zero attached hydrogens (tertiary/aromatic N) is 4. The summed E-state index contributed by atoms with van der Waals surface area (Å²) in [5.41, 5.74) is 5.02. The maximum Gasteiger partial charge on any atom is 0.143 e. The summed E-state index contributed by atoms with van der Waals surface area (Å²) >= 11 is 0. The van der Waals surface area contributed by atoms with Crippen LogP contribution in [0.2, 0.25) is 0 Å². The first-order valence-electron chi connectivity index (χ1n) is 4.87. The van der Waals surface area contributed by atoms with Crippen LogP contribution in [0.25, 0.3) is 11.8 Å². The summed E-state index contributed by atoms with van der Waals surface area (Å²) in [6.45, 7) is 2.14. The molecule has 0 bridgehead atoms. The predicted octanol–water partition coefficient (Wildman–Crippen LogP) is 1.62. The van der Waals surface area contributed by atoms with E-state index < -0.39 is 0 Å². The van der Waals surface area contributed by atoms with Crippen LogP contribution in [0, 0.1) is 0 Å². The fourth-order valence-electron chi connectivity index (χ4n) is 1.99. The molecule has 0 amide bonds. The summed E-state index contributed by atoms with van der Waals surface area (Å²) in [4.78, 5) is 0. The Morgan fingerprint density at radius 3 is 3.07 bits per heavy atom. The molecule has 0 N–H and O–H groups in total. The summed E-state index contributed by atoms with van der Waals surface area (Å²) < 4.78 is 1.70. The molecule has 2 aromatic rings. The number of allylic oxidation sites excluding steroid dienone is 1. The minimum absolute atomic E-state index is 1.03. The van der Waals surface area contributed by atoms with Crippen molar-refractivity contribution in [2.45, 2.75) is 13.3 Å². The highest BCUT2D eigenvalue weighted by Gasteiger charge is 2.14. The SMILES string of the molecule is CC1=Cc2c(cccc2-n2cnnn2)C1. The number of tetrazole rings is 1. The summed E-state index contributed by atoms with van der Waals surface area (Å²) in [6, 6.07) is 6.22. The van der Waals surface area contributed by atoms with E-state index in [1.165, 1.54) is 16.7 Å². The van der Waals surface area contributed by atoms with Gasteiger partial charge >= 0.3 is 0 Å². The Balaban J connectivity index is 2.22. The van der Waals surface area contributed by atoms with Gasteiger partial charge in [-0.15, -0.1) is 5.10 Å². The lowest BCUT2D eigenvalue weighted by Gasteiger charge is -2.05. The summed E-state index contributed by atoms with van der Waals surface area (Å²) in [6.07, 6.45) is 4.86. The molecule has 1 aliphatic rings. The summed E-state index contributed by atoms with van der Waals surface area (Å²) in [5, 5.41) is 11.2. The normalized spacial score (nSPS) is 13.8. The quantitative estimate of drug-likeness (QED) is 0.699. The smallest absolute Gasteiger partial charge is 0.143 e. The van der Waals surface area contributed by atoms with E-state index >= 15 is 0 Å². The van der Waals surface area contributed by atoms with Gasteiger partial charge in [0.2, 0.25) is 0 Å². The van der Waals surface area contributed by atoms with E-state index in [9.17, 15) is 0 Å². The van der Waals surface area contributed by atoms with E-state index in [0.717, 1.165) is 12.1 Å². The van der Waals surface area contributed by atoms with E-state index in [1.54, 1.807) is 11.0 Å². The van der Waals surface area contributed by atoms with E-state index in [1.807, 2.05) is 12.1 Å². The van der Waals surface area contributed by atoms with Crippen molar-refractivity contribution in [3.63, 3.8) is 0 Å². The first-order valence-corrected chi connectivity index (χ1v) is 4.87. The van der Waals surface area contributed by atoms with Crippen molar-refractivity contribution in [1.82, 2.24) is 20.2 Å². The molecule has 1 aromatic carbocycles. The molecule has 3 rings (SSSR count). The van der Waals surface area contributed by atoms with Gasteiger partial charge in [-0.2, -0.15) is 4.68 Å².